The monoisotopic (exact) mass is 360 g/mol. The second kappa shape index (κ2) is 8.19. The summed E-state index contributed by atoms with van der Waals surface area (Å²) in [6.45, 7) is 3.88. The highest BCUT2D eigenvalue weighted by Gasteiger charge is 2.08. The molecule has 0 fully saturated rings. The Morgan fingerprint density at radius 1 is 0.963 bits per heavy atom. The molecule has 0 unspecified atom stereocenters. The van der Waals surface area contributed by atoms with Crippen LogP contribution >= 0.6 is 0 Å². The van der Waals surface area contributed by atoms with E-state index in [-0.39, 0.29) is 17.5 Å². The average molecular weight is 360 g/mol. The quantitative estimate of drug-likeness (QED) is 0.481. The molecule has 5 nitrogen and oxygen atoms in total. The van der Waals surface area contributed by atoms with Gasteiger partial charge in [-0.3, -0.25) is 9.59 Å². The van der Waals surface area contributed by atoms with Crippen LogP contribution < -0.4 is 10.6 Å². The maximum atomic E-state index is 12.3. The van der Waals surface area contributed by atoms with Gasteiger partial charge < -0.3 is 15.1 Å². The summed E-state index contributed by atoms with van der Waals surface area (Å²) in [6, 6.07) is 16.2. The normalized spacial score (nSPS) is 10.7. The first-order chi connectivity index (χ1) is 13.0. The second-order valence-corrected chi connectivity index (χ2v) is 6.17. The molecular formula is C22H20N2O3. The molecule has 0 aliphatic carbocycles. The van der Waals surface area contributed by atoms with Gasteiger partial charge in [-0.05, 0) is 61.9 Å². The Kier molecular flexibility index (Phi) is 5.52. The largest absolute Gasteiger partial charge is 0.459 e. The number of hydrogen-bond acceptors (Lipinski definition) is 4. The zero-order valence-corrected chi connectivity index (χ0v) is 15.2. The van der Waals surface area contributed by atoms with E-state index in [2.05, 4.69) is 10.6 Å². The third kappa shape index (κ3) is 4.73. The summed E-state index contributed by atoms with van der Waals surface area (Å²) < 4.78 is 5.05. The lowest BCUT2D eigenvalue weighted by molar-refractivity contribution is 0.0995. The third-order valence-electron chi connectivity index (χ3n) is 4.03. The lowest BCUT2D eigenvalue weighted by Gasteiger charge is -2.06. The van der Waals surface area contributed by atoms with Crippen molar-refractivity contribution in [1.29, 1.82) is 0 Å². The van der Waals surface area contributed by atoms with Crippen LogP contribution in [0.4, 0.5) is 11.4 Å². The van der Waals surface area contributed by atoms with Crippen molar-refractivity contribution in [3.05, 3.63) is 95.6 Å². The standard InChI is InChI=1S/C22H20N2O3/c1-15-5-6-16(2)19(14-15)20(25)11-12-23-17-7-9-18(10-8-17)24-22(26)21-4-3-13-27-21/h3-14,23H,1-2H3,(H,24,26). The van der Waals surface area contributed by atoms with E-state index in [1.54, 1.807) is 30.5 Å². The van der Waals surface area contributed by atoms with Crippen LogP contribution in [0.15, 0.2) is 77.6 Å². The molecule has 27 heavy (non-hydrogen) atoms. The second-order valence-electron chi connectivity index (χ2n) is 6.17. The van der Waals surface area contributed by atoms with E-state index in [1.165, 1.54) is 12.3 Å². The minimum absolute atomic E-state index is 0.0500. The Morgan fingerprint density at radius 3 is 2.41 bits per heavy atom. The fourth-order valence-corrected chi connectivity index (χ4v) is 2.55. The van der Waals surface area contributed by atoms with E-state index < -0.39 is 0 Å². The Labute approximate surface area is 157 Å². The summed E-state index contributed by atoms with van der Waals surface area (Å²) >= 11 is 0. The Hall–Kier alpha value is -3.60. The molecule has 1 amide bonds. The predicted molar refractivity (Wildman–Crippen MR) is 106 cm³/mol. The van der Waals surface area contributed by atoms with Gasteiger partial charge >= 0.3 is 0 Å². The van der Waals surface area contributed by atoms with Crippen LogP contribution in [-0.4, -0.2) is 11.7 Å². The van der Waals surface area contributed by atoms with Crippen molar-refractivity contribution in [2.45, 2.75) is 13.8 Å². The van der Waals surface area contributed by atoms with E-state index in [9.17, 15) is 9.59 Å². The van der Waals surface area contributed by atoms with Gasteiger partial charge in [0, 0.05) is 29.2 Å². The van der Waals surface area contributed by atoms with Gasteiger partial charge in [-0.25, -0.2) is 0 Å². The first-order valence-electron chi connectivity index (χ1n) is 8.52. The first kappa shape index (κ1) is 18.2. The van der Waals surface area contributed by atoms with Crippen molar-refractivity contribution < 1.29 is 14.0 Å². The van der Waals surface area contributed by atoms with E-state index in [0.717, 1.165) is 16.8 Å². The van der Waals surface area contributed by atoms with Crippen LogP contribution in [0.25, 0.3) is 0 Å². The topological polar surface area (TPSA) is 71.3 Å². The van der Waals surface area contributed by atoms with Crippen LogP contribution in [-0.2, 0) is 0 Å². The van der Waals surface area contributed by atoms with Crippen molar-refractivity contribution in [2.24, 2.45) is 0 Å². The smallest absolute Gasteiger partial charge is 0.291 e. The number of amides is 1. The molecule has 0 saturated carbocycles. The fourth-order valence-electron chi connectivity index (χ4n) is 2.55. The molecule has 0 radical (unpaired) electrons. The van der Waals surface area contributed by atoms with Crippen molar-refractivity contribution in [3.63, 3.8) is 0 Å². The van der Waals surface area contributed by atoms with Crippen LogP contribution in [0.2, 0.25) is 0 Å². The summed E-state index contributed by atoms with van der Waals surface area (Å²) in [5, 5.41) is 5.80. The summed E-state index contributed by atoms with van der Waals surface area (Å²) in [6.07, 6.45) is 4.57. The lowest BCUT2D eigenvalue weighted by Crippen LogP contribution is -2.10. The van der Waals surface area contributed by atoms with Crippen molar-refractivity contribution >= 4 is 23.1 Å². The molecule has 2 aromatic carbocycles. The summed E-state index contributed by atoms with van der Waals surface area (Å²) in [5.74, 6) is -0.101. The minimum atomic E-state index is -0.306. The number of carbonyl (C=O) groups is 2. The highest BCUT2D eigenvalue weighted by Crippen LogP contribution is 2.16. The predicted octanol–water partition coefficient (Wildman–Crippen LogP) is 4.96. The van der Waals surface area contributed by atoms with Crippen LogP contribution in [0.1, 0.15) is 32.0 Å². The maximum Gasteiger partial charge on any atom is 0.291 e. The molecular weight excluding hydrogens is 340 g/mol. The highest BCUT2D eigenvalue weighted by molar-refractivity contribution is 6.05. The molecule has 3 aromatic rings. The molecule has 5 heteroatoms. The number of ketones is 1. The molecule has 0 aliphatic heterocycles. The van der Waals surface area contributed by atoms with Crippen LogP contribution in [0.5, 0.6) is 0 Å². The minimum Gasteiger partial charge on any atom is -0.459 e. The molecule has 1 heterocycles. The molecule has 0 spiro atoms. The number of carbonyl (C=O) groups excluding carboxylic acids is 2. The van der Waals surface area contributed by atoms with Gasteiger partial charge in [0.25, 0.3) is 5.91 Å². The molecule has 1 aromatic heterocycles. The number of furan rings is 1. The average Bonchev–Trinajstić information content (AvgIpc) is 3.20. The van der Waals surface area contributed by atoms with Gasteiger partial charge in [-0.1, -0.05) is 17.7 Å². The van der Waals surface area contributed by atoms with Crippen molar-refractivity contribution in [2.75, 3.05) is 10.6 Å². The van der Waals surface area contributed by atoms with Gasteiger partial charge in [0.05, 0.1) is 6.26 Å². The van der Waals surface area contributed by atoms with E-state index in [4.69, 9.17) is 4.42 Å². The highest BCUT2D eigenvalue weighted by atomic mass is 16.3. The SMILES string of the molecule is Cc1ccc(C)c(C(=O)C=CNc2ccc(NC(=O)c3ccco3)cc2)c1. The van der Waals surface area contributed by atoms with Crippen molar-refractivity contribution in [1.82, 2.24) is 0 Å². The lowest BCUT2D eigenvalue weighted by atomic mass is 10.0. The van der Waals surface area contributed by atoms with E-state index in [1.807, 2.05) is 44.2 Å². The number of rotatable bonds is 6. The van der Waals surface area contributed by atoms with E-state index >= 15 is 0 Å². The van der Waals surface area contributed by atoms with E-state index in [0.29, 0.717) is 11.3 Å². The molecule has 0 saturated heterocycles. The number of benzene rings is 2. The van der Waals surface area contributed by atoms with Crippen LogP contribution in [0.3, 0.4) is 0 Å². The Bertz CT molecular complexity index is 971. The van der Waals surface area contributed by atoms with Gasteiger partial charge in [0.1, 0.15) is 0 Å². The van der Waals surface area contributed by atoms with Crippen molar-refractivity contribution in [3.8, 4) is 0 Å². The number of allylic oxidation sites excluding steroid dienone is 1. The molecule has 0 bridgehead atoms. The molecule has 3 rings (SSSR count). The molecule has 2 N–H and O–H groups in total. The van der Waals surface area contributed by atoms with Gasteiger partial charge in [-0.15, -0.1) is 0 Å². The van der Waals surface area contributed by atoms with Gasteiger partial charge in [-0.2, -0.15) is 0 Å². The van der Waals surface area contributed by atoms with Gasteiger partial charge in [0.15, 0.2) is 11.5 Å². The first-order valence-corrected chi connectivity index (χ1v) is 8.52. The summed E-state index contributed by atoms with van der Waals surface area (Å²) in [5.41, 5.74) is 4.15. The third-order valence-corrected chi connectivity index (χ3v) is 4.03. The zero-order chi connectivity index (χ0) is 19.2. The number of nitrogens with one attached hydrogen (secondary N) is 2. The van der Waals surface area contributed by atoms with Crippen LogP contribution in [0, 0.1) is 13.8 Å². The molecule has 0 atom stereocenters. The Balaban J connectivity index is 1.58. The summed E-state index contributed by atoms with van der Waals surface area (Å²) in [4.78, 5) is 24.2. The zero-order valence-electron chi connectivity index (χ0n) is 15.2. The fraction of sp³-hybridized carbons (Fsp3) is 0.0909. The van der Waals surface area contributed by atoms with Gasteiger partial charge in [0.2, 0.25) is 0 Å². The molecule has 0 aliphatic rings. The summed E-state index contributed by atoms with van der Waals surface area (Å²) in [7, 11) is 0. The number of hydrogen-bond donors (Lipinski definition) is 2. The maximum absolute atomic E-state index is 12.3. The Morgan fingerprint density at radius 2 is 1.70 bits per heavy atom. The number of anilines is 2. The number of aryl methyl sites for hydroxylation is 2. The molecule has 136 valence electrons.